The predicted octanol–water partition coefficient (Wildman–Crippen LogP) is 3.27. The van der Waals surface area contributed by atoms with E-state index in [9.17, 15) is 4.39 Å². The molecule has 0 fully saturated rings. The van der Waals surface area contributed by atoms with Gasteiger partial charge in [0.1, 0.15) is 5.82 Å². The lowest BCUT2D eigenvalue weighted by atomic mass is 10.2. The lowest BCUT2D eigenvalue weighted by Crippen LogP contribution is -2.28. The molecular formula is C12H16BrClFNO. The predicted molar refractivity (Wildman–Crippen MR) is 72.0 cm³/mol. The Kier molecular flexibility index (Phi) is 6.41. The van der Waals surface area contributed by atoms with Crippen molar-refractivity contribution in [1.29, 1.82) is 0 Å². The number of benzene rings is 1. The minimum atomic E-state index is -0.234. The highest BCUT2D eigenvalue weighted by molar-refractivity contribution is 9.10. The Morgan fingerprint density at radius 2 is 2.18 bits per heavy atom. The van der Waals surface area contributed by atoms with Gasteiger partial charge in [0.25, 0.3) is 0 Å². The van der Waals surface area contributed by atoms with E-state index in [1.807, 2.05) is 18.0 Å². The van der Waals surface area contributed by atoms with Gasteiger partial charge in [-0.15, -0.1) is 11.6 Å². The van der Waals surface area contributed by atoms with Crippen LogP contribution in [0, 0.1) is 5.82 Å². The maximum absolute atomic E-state index is 13.2. The van der Waals surface area contributed by atoms with Crippen LogP contribution >= 0.6 is 27.5 Å². The molecule has 0 aliphatic carbocycles. The Balaban J connectivity index is 2.52. The molecule has 96 valence electrons. The van der Waals surface area contributed by atoms with Gasteiger partial charge >= 0.3 is 0 Å². The van der Waals surface area contributed by atoms with E-state index in [4.69, 9.17) is 16.3 Å². The van der Waals surface area contributed by atoms with Crippen LogP contribution < -0.4 is 0 Å². The molecule has 0 saturated heterocycles. The molecular weight excluding hydrogens is 308 g/mol. The van der Waals surface area contributed by atoms with E-state index in [1.165, 1.54) is 12.1 Å². The molecule has 1 rings (SSSR count). The fourth-order valence-electron chi connectivity index (χ4n) is 1.65. The quantitative estimate of drug-likeness (QED) is 0.745. The zero-order chi connectivity index (χ0) is 12.8. The van der Waals surface area contributed by atoms with Crippen LogP contribution in [0.1, 0.15) is 5.56 Å². The van der Waals surface area contributed by atoms with Crippen LogP contribution in [-0.4, -0.2) is 37.6 Å². The summed E-state index contributed by atoms with van der Waals surface area (Å²) < 4.78 is 18.9. The van der Waals surface area contributed by atoms with Gasteiger partial charge < -0.3 is 9.64 Å². The van der Waals surface area contributed by atoms with Crippen LogP contribution in [0.15, 0.2) is 22.7 Å². The van der Waals surface area contributed by atoms with E-state index in [-0.39, 0.29) is 11.2 Å². The SMILES string of the molecule is COCC(Cl)CN(C)Cc1cc(F)cc(Br)c1. The Bertz CT molecular complexity index is 344. The number of methoxy groups -OCH3 is 1. The average Bonchev–Trinajstić information content (AvgIpc) is 2.14. The molecule has 2 nitrogen and oxygen atoms in total. The molecule has 17 heavy (non-hydrogen) atoms. The van der Waals surface area contributed by atoms with Gasteiger partial charge in [0.2, 0.25) is 0 Å². The molecule has 0 aromatic heterocycles. The maximum atomic E-state index is 13.2. The molecule has 0 aliphatic heterocycles. The van der Waals surface area contributed by atoms with Gasteiger partial charge in [-0.1, -0.05) is 15.9 Å². The minimum absolute atomic E-state index is 0.0537. The Labute approximate surface area is 115 Å². The number of hydrogen-bond donors (Lipinski definition) is 0. The molecule has 1 aromatic rings. The molecule has 0 saturated carbocycles. The van der Waals surface area contributed by atoms with E-state index in [2.05, 4.69) is 15.9 Å². The first-order valence-electron chi connectivity index (χ1n) is 5.27. The van der Waals surface area contributed by atoms with Gasteiger partial charge in [-0.25, -0.2) is 4.39 Å². The highest BCUT2D eigenvalue weighted by atomic mass is 79.9. The van der Waals surface area contributed by atoms with Gasteiger partial charge in [-0.05, 0) is 30.8 Å². The first-order valence-corrected chi connectivity index (χ1v) is 6.50. The molecule has 0 bridgehead atoms. The number of ether oxygens (including phenoxy) is 1. The van der Waals surface area contributed by atoms with E-state index in [0.29, 0.717) is 19.7 Å². The molecule has 1 atom stereocenters. The molecule has 0 heterocycles. The number of rotatable bonds is 6. The summed E-state index contributed by atoms with van der Waals surface area (Å²) in [5.41, 5.74) is 0.917. The summed E-state index contributed by atoms with van der Waals surface area (Å²) in [5.74, 6) is -0.234. The Morgan fingerprint density at radius 3 is 2.76 bits per heavy atom. The number of nitrogens with zero attached hydrogens (tertiary/aromatic N) is 1. The van der Waals surface area contributed by atoms with Gasteiger partial charge in [0, 0.05) is 24.7 Å². The Morgan fingerprint density at radius 1 is 1.47 bits per heavy atom. The summed E-state index contributed by atoms with van der Waals surface area (Å²) in [6.07, 6.45) is 0. The number of hydrogen-bond acceptors (Lipinski definition) is 2. The largest absolute Gasteiger partial charge is 0.383 e. The van der Waals surface area contributed by atoms with Crippen molar-refractivity contribution in [2.45, 2.75) is 11.9 Å². The molecule has 5 heteroatoms. The zero-order valence-corrected chi connectivity index (χ0v) is 12.3. The lowest BCUT2D eigenvalue weighted by molar-refractivity contribution is 0.181. The summed E-state index contributed by atoms with van der Waals surface area (Å²) >= 11 is 9.33. The first kappa shape index (κ1) is 14.9. The summed E-state index contributed by atoms with van der Waals surface area (Å²) in [7, 11) is 3.57. The third-order valence-corrected chi connectivity index (χ3v) is 2.95. The van der Waals surface area contributed by atoms with Crippen molar-refractivity contribution < 1.29 is 9.13 Å². The van der Waals surface area contributed by atoms with Crippen LogP contribution in [0.5, 0.6) is 0 Å². The Hall–Kier alpha value is -0.160. The topological polar surface area (TPSA) is 12.5 Å². The molecule has 0 N–H and O–H groups in total. The normalized spacial score (nSPS) is 13.1. The standard InChI is InChI=1S/C12H16BrClFNO/c1-16(7-11(14)8-17-2)6-9-3-10(13)5-12(15)4-9/h3-5,11H,6-8H2,1-2H3. The van der Waals surface area contributed by atoms with E-state index in [0.717, 1.165) is 10.0 Å². The van der Waals surface area contributed by atoms with Crippen LogP contribution in [0.4, 0.5) is 4.39 Å². The van der Waals surface area contributed by atoms with Crippen molar-refractivity contribution in [2.75, 3.05) is 27.3 Å². The van der Waals surface area contributed by atoms with Crippen LogP contribution in [-0.2, 0) is 11.3 Å². The van der Waals surface area contributed by atoms with Gasteiger partial charge in [-0.2, -0.15) is 0 Å². The number of alkyl halides is 1. The second kappa shape index (κ2) is 7.31. The summed E-state index contributed by atoms with van der Waals surface area (Å²) in [4.78, 5) is 2.04. The van der Waals surface area contributed by atoms with Crippen molar-refractivity contribution in [3.63, 3.8) is 0 Å². The smallest absolute Gasteiger partial charge is 0.124 e. The third-order valence-electron chi connectivity index (χ3n) is 2.23. The molecule has 0 aliphatic rings. The lowest BCUT2D eigenvalue weighted by Gasteiger charge is -2.19. The monoisotopic (exact) mass is 323 g/mol. The molecule has 1 unspecified atom stereocenters. The van der Waals surface area contributed by atoms with Gasteiger partial charge in [0.15, 0.2) is 0 Å². The van der Waals surface area contributed by atoms with E-state index >= 15 is 0 Å². The highest BCUT2D eigenvalue weighted by Crippen LogP contribution is 2.16. The van der Waals surface area contributed by atoms with Crippen molar-refractivity contribution in [3.05, 3.63) is 34.1 Å². The summed E-state index contributed by atoms with van der Waals surface area (Å²) in [6, 6.07) is 4.87. The zero-order valence-electron chi connectivity index (χ0n) is 9.92. The highest BCUT2D eigenvalue weighted by Gasteiger charge is 2.09. The molecule has 0 amide bonds. The minimum Gasteiger partial charge on any atom is -0.383 e. The summed E-state index contributed by atoms with van der Waals surface area (Å²) in [6.45, 7) is 1.87. The van der Waals surface area contributed by atoms with Crippen molar-refractivity contribution in [1.82, 2.24) is 4.90 Å². The van der Waals surface area contributed by atoms with Crippen molar-refractivity contribution >= 4 is 27.5 Å². The van der Waals surface area contributed by atoms with Crippen LogP contribution in [0.3, 0.4) is 0 Å². The van der Waals surface area contributed by atoms with Gasteiger partial charge in [-0.3, -0.25) is 0 Å². The second-order valence-electron chi connectivity index (χ2n) is 4.03. The number of halogens is 3. The summed E-state index contributed by atoms with van der Waals surface area (Å²) in [5, 5.41) is -0.0537. The molecule has 1 aromatic carbocycles. The fraction of sp³-hybridized carbons (Fsp3) is 0.500. The average molecular weight is 325 g/mol. The van der Waals surface area contributed by atoms with Crippen molar-refractivity contribution in [2.24, 2.45) is 0 Å². The van der Waals surface area contributed by atoms with Crippen LogP contribution in [0.2, 0.25) is 0 Å². The fourth-order valence-corrected chi connectivity index (χ4v) is 2.52. The third kappa shape index (κ3) is 5.82. The van der Waals surface area contributed by atoms with Crippen molar-refractivity contribution in [3.8, 4) is 0 Å². The first-order chi connectivity index (χ1) is 8.01. The van der Waals surface area contributed by atoms with E-state index < -0.39 is 0 Å². The maximum Gasteiger partial charge on any atom is 0.124 e. The van der Waals surface area contributed by atoms with Crippen LogP contribution in [0.25, 0.3) is 0 Å². The molecule has 0 spiro atoms. The molecule has 0 radical (unpaired) electrons. The second-order valence-corrected chi connectivity index (χ2v) is 5.56. The van der Waals surface area contributed by atoms with Gasteiger partial charge in [0.05, 0.1) is 12.0 Å². The van der Waals surface area contributed by atoms with E-state index in [1.54, 1.807) is 7.11 Å².